The summed E-state index contributed by atoms with van der Waals surface area (Å²) in [5.74, 6) is -0.255. The summed E-state index contributed by atoms with van der Waals surface area (Å²) in [7, 11) is 0. The van der Waals surface area contributed by atoms with Gasteiger partial charge in [-0.1, -0.05) is 25.0 Å². The molecule has 4 heteroatoms. The summed E-state index contributed by atoms with van der Waals surface area (Å²) >= 11 is 0. The second-order valence-corrected chi connectivity index (χ2v) is 4.55. The summed E-state index contributed by atoms with van der Waals surface area (Å²) in [6, 6.07) is 6.52. The van der Waals surface area contributed by atoms with Crippen molar-refractivity contribution in [3.8, 4) is 5.75 Å². The first-order valence-corrected chi connectivity index (χ1v) is 6.45. The van der Waals surface area contributed by atoms with Gasteiger partial charge in [0.05, 0.1) is 18.3 Å². The van der Waals surface area contributed by atoms with Gasteiger partial charge < -0.3 is 15.2 Å². The highest BCUT2D eigenvalue weighted by Crippen LogP contribution is 2.20. The summed E-state index contributed by atoms with van der Waals surface area (Å²) in [6.45, 7) is 1.01. The van der Waals surface area contributed by atoms with Crippen molar-refractivity contribution in [3.63, 3.8) is 0 Å². The standard InChI is InChI=1S/C14H19NO3/c16-13-8-4-3-7-12(13)14(17)15-9-10-18-11-5-1-2-6-11/h3-4,7-8,11,16H,1-2,5-6,9-10H2,(H,15,17). The number of hydrogen-bond donors (Lipinski definition) is 2. The average Bonchev–Trinajstić information content (AvgIpc) is 2.88. The topological polar surface area (TPSA) is 58.6 Å². The zero-order valence-corrected chi connectivity index (χ0v) is 10.4. The molecular weight excluding hydrogens is 230 g/mol. The molecule has 0 unspecified atom stereocenters. The van der Waals surface area contributed by atoms with Crippen LogP contribution in [-0.4, -0.2) is 30.3 Å². The predicted molar refractivity (Wildman–Crippen MR) is 68.6 cm³/mol. The van der Waals surface area contributed by atoms with Gasteiger partial charge in [-0.3, -0.25) is 4.79 Å². The Hall–Kier alpha value is -1.55. The van der Waals surface area contributed by atoms with Crippen LogP contribution in [-0.2, 0) is 4.74 Å². The van der Waals surface area contributed by atoms with E-state index in [4.69, 9.17) is 4.74 Å². The molecule has 0 aliphatic heterocycles. The first-order chi connectivity index (χ1) is 8.77. The highest BCUT2D eigenvalue weighted by molar-refractivity contribution is 5.96. The first-order valence-electron chi connectivity index (χ1n) is 6.45. The van der Waals surface area contributed by atoms with Crippen LogP contribution in [0, 0.1) is 0 Å². The lowest BCUT2D eigenvalue weighted by atomic mass is 10.2. The van der Waals surface area contributed by atoms with E-state index in [0.717, 1.165) is 12.8 Å². The van der Waals surface area contributed by atoms with Gasteiger partial charge >= 0.3 is 0 Å². The average molecular weight is 249 g/mol. The number of phenolic OH excluding ortho intramolecular Hbond substituents is 1. The third kappa shape index (κ3) is 3.47. The van der Waals surface area contributed by atoms with Crippen LogP contribution in [0.4, 0.5) is 0 Å². The molecule has 0 aromatic heterocycles. The van der Waals surface area contributed by atoms with E-state index in [0.29, 0.717) is 24.8 Å². The van der Waals surface area contributed by atoms with E-state index in [-0.39, 0.29) is 11.7 Å². The normalized spacial score (nSPS) is 15.8. The maximum Gasteiger partial charge on any atom is 0.255 e. The fourth-order valence-electron chi connectivity index (χ4n) is 2.21. The molecule has 0 heterocycles. The van der Waals surface area contributed by atoms with Crippen LogP contribution in [0.15, 0.2) is 24.3 Å². The van der Waals surface area contributed by atoms with Gasteiger partial charge in [-0.25, -0.2) is 0 Å². The number of amides is 1. The number of ether oxygens (including phenoxy) is 1. The minimum absolute atomic E-state index is 0.00621. The van der Waals surface area contributed by atoms with Gasteiger partial charge in [0, 0.05) is 6.54 Å². The first kappa shape index (κ1) is 12.9. The van der Waals surface area contributed by atoms with Crippen LogP contribution in [0.2, 0.25) is 0 Å². The molecule has 2 rings (SSSR count). The Morgan fingerprint density at radius 1 is 1.33 bits per heavy atom. The second-order valence-electron chi connectivity index (χ2n) is 4.55. The Balaban J connectivity index is 1.70. The molecule has 0 saturated heterocycles. The minimum Gasteiger partial charge on any atom is -0.507 e. The number of nitrogens with one attached hydrogen (secondary N) is 1. The Morgan fingerprint density at radius 3 is 2.78 bits per heavy atom. The van der Waals surface area contributed by atoms with E-state index in [1.165, 1.54) is 18.9 Å². The molecule has 1 saturated carbocycles. The molecule has 18 heavy (non-hydrogen) atoms. The van der Waals surface area contributed by atoms with Gasteiger partial charge in [0.25, 0.3) is 5.91 Å². The fourth-order valence-corrected chi connectivity index (χ4v) is 2.21. The molecule has 98 valence electrons. The molecule has 1 fully saturated rings. The van der Waals surface area contributed by atoms with E-state index in [9.17, 15) is 9.90 Å². The number of carbonyl (C=O) groups is 1. The summed E-state index contributed by atoms with van der Waals surface area (Å²) in [4.78, 5) is 11.7. The number of phenols is 1. The minimum atomic E-state index is -0.261. The predicted octanol–water partition coefficient (Wildman–Crippen LogP) is 2.08. The molecule has 1 aliphatic rings. The highest BCUT2D eigenvalue weighted by atomic mass is 16.5. The van der Waals surface area contributed by atoms with Crippen LogP contribution < -0.4 is 5.32 Å². The zero-order valence-electron chi connectivity index (χ0n) is 10.4. The molecule has 2 N–H and O–H groups in total. The second kappa shape index (κ2) is 6.40. The van der Waals surface area contributed by atoms with E-state index in [2.05, 4.69) is 5.32 Å². The van der Waals surface area contributed by atoms with Crippen molar-refractivity contribution in [2.24, 2.45) is 0 Å². The van der Waals surface area contributed by atoms with Gasteiger partial charge in [0.15, 0.2) is 0 Å². The van der Waals surface area contributed by atoms with Crippen LogP contribution >= 0.6 is 0 Å². The van der Waals surface area contributed by atoms with E-state index in [1.807, 2.05) is 0 Å². The molecule has 0 atom stereocenters. The molecule has 1 aliphatic carbocycles. The number of rotatable bonds is 5. The lowest BCUT2D eigenvalue weighted by molar-refractivity contribution is 0.0581. The number of para-hydroxylation sites is 1. The largest absolute Gasteiger partial charge is 0.507 e. The number of aromatic hydroxyl groups is 1. The van der Waals surface area contributed by atoms with E-state index in [1.54, 1.807) is 18.2 Å². The summed E-state index contributed by atoms with van der Waals surface area (Å²) in [5, 5.41) is 12.3. The maximum absolute atomic E-state index is 11.7. The number of hydrogen-bond acceptors (Lipinski definition) is 3. The lowest BCUT2D eigenvalue weighted by Crippen LogP contribution is -2.28. The van der Waals surface area contributed by atoms with Gasteiger partial charge in [0.2, 0.25) is 0 Å². The van der Waals surface area contributed by atoms with Crippen molar-refractivity contribution < 1.29 is 14.6 Å². The SMILES string of the molecule is O=C(NCCOC1CCCC1)c1ccccc1O. The Bertz CT molecular complexity index is 400. The molecule has 0 bridgehead atoms. The molecule has 1 aromatic rings. The molecule has 1 aromatic carbocycles. The smallest absolute Gasteiger partial charge is 0.255 e. The van der Waals surface area contributed by atoms with Gasteiger partial charge in [-0.05, 0) is 25.0 Å². The summed E-state index contributed by atoms with van der Waals surface area (Å²) in [5.41, 5.74) is 0.304. The summed E-state index contributed by atoms with van der Waals surface area (Å²) in [6.07, 6.45) is 5.12. The fraction of sp³-hybridized carbons (Fsp3) is 0.500. The number of benzene rings is 1. The highest BCUT2D eigenvalue weighted by Gasteiger charge is 2.15. The molecule has 4 nitrogen and oxygen atoms in total. The third-order valence-electron chi connectivity index (χ3n) is 3.19. The molecule has 1 amide bonds. The Kier molecular flexibility index (Phi) is 4.59. The molecular formula is C14H19NO3. The van der Waals surface area contributed by atoms with E-state index < -0.39 is 0 Å². The van der Waals surface area contributed by atoms with Crippen LogP contribution in [0.25, 0.3) is 0 Å². The molecule has 0 radical (unpaired) electrons. The Labute approximate surface area is 107 Å². The quantitative estimate of drug-likeness (QED) is 0.785. The van der Waals surface area contributed by atoms with Crippen molar-refractivity contribution in [2.45, 2.75) is 31.8 Å². The van der Waals surface area contributed by atoms with Crippen LogP contribution in [0.3, 0.4) is 0 Å². The monoisotopic (exact) mass is 249 g/mol. The van der Waals surface area contributed by atoms with Crippen LogP contribution in [0.1, 0.15) is 36.0 Å². The van der Waals surface area contributed by atoms with Crippen molar-refractivity contribution in [2.75, 3.05) is 13.2 Å². The third-order valence-corrected chi connectivity index (χ3v) is 3.19. The van der Waals surface area contributed by atoms with Crippen molar-refractivity contribution in [1.82, 2.24) is 5.32 Å². The molecule has 0 spiro atoms. The zero-order chi connectivity index (χ0) is 12.8. The van der Waals surface area contributed by atoms with Crippen molar-refractivity contribution >= 4 is 5.91 Å². The van der Waals surface area contributed by atoms with Crippen molar-refractivity contribution in [1.29, 1.82) is 0 Å². The lowest BCUT2D eigenvalue weighted by Gasteiger charge is -2.11. The Morgan fingerprint density at radius 2 is 2.06 bits per heavy atom. The van der Waals surface area contributed by atoms with Crippen LogP contribution in [0.5, 0.6) is 5.75 Å². The van der Waals surface area contributed by atoms with Gasteiger partial charge in [-0.15, -0.1) is 0 Å². The van der Waals surface area contributed by atoms with Crippen molar-refractivity contribution in [3.05, 3.63) is 29.8 Å². The van der Waals surface area contributed by atoms with E-state index >= 15 is 0 Å². The van der Waals surface area contributed by atoms with Gasteiger partial charge in [-0.2, -0.15) is 0 Å². The van der Waals surface area contributed by atoms with Gasteiger partial charge in [0.1, 0.15) is 5.75 Å². The maximum atomic E-state index is 11.7. The summed E-state index contributed by atoms with van der Waals surface area (Å²) < 4.78 is 5.64. The number of carbonyl (C=O) groups excluding carboxylic acids is 1.